The Labute approximate surface area is 192 Å². The van der Waals surface area contributed by atoms with Crippen molar-refractivity contribution in [1.82, 2.24) is 35.3 Å². The van der Waals surface area contributed by atoms with Crippen molar-refractivity contribution in [2.75, 3.05) is 19.0 Å². The van der Waals surface area contributed by atoms with Gasteiger partial charge in [-0.3, -0.25) is 4.90 Å². The van der Waals surface area contributed by atoms with E-state index >= 15 is 4.39 Å². The number of hydrogen-bond acceptors (Lipinski definition) is 8. The molecular formula is C23H29FN8O. The van der Waals surface area contributed by atoms with Crippen LogP contribution in [0.5, 0.6) is 5.75 Å². The molecule has 2 aliphatic rings. The molecule has 0 amide bonds. The van der Waals surface area contributed by atoms with Gasteiger partial charge in [-0.1, -0.05) is 0 Å². The van der Waals surface area contributed by atoms with Gasteiger partial charge < -0.3 is 10.0 Å². The van der Waals surface area contributed by atoms with Crippen LogP contribution in [0.15, 0.2) is 30.3 Å². The van der Waals surface area contributed by atoms with Gasteiger partial charge in [0.15, 0.2) is 11.6 Å². The molecule has 2 saturated heterocycles. The van der Waals surface area contributed by atoms with E-state index in [4.69, 9.17) is 0 Å². The molecule has 10 heteroatoms. The zero-order valence-corrected chi connectivity index (χ0v) is 19.4. The van der Waals surface area contributed by atoms with Crippen LogP contribution in [0.25, 0.3) is 16.9 Å². The number of hydrogen-bond donors (Lipinski definition) is 1. The highest BCUT2D eigenvalue weighted by atomic mass is 19.1. The molecule has 0 radical (unpaired) electrons. The largest absolute Gasteiger partial charge is 0.507 e. The molecule has 2 bridgehead atoms. The van der Waals surface area contributed by atoms with Crippen LogP contribution >= 0.6 is 0 Å². The number of aromatic hydroxyl groups is 1. The quantitative estimate of drug-likeness (QED) is 0.646. The second-order valence-corrected chi connectivity index (χ2v) is 9.50. The highest BCUT2D eigenvalue weighted by Gasteiger charge is 2.51. The minimum Gasteiger partial charge on any atom is -0.507 e. The van der Waals surface area contributed by atoms with E-state index in [0.717, 1.165) is 25.7 Å². The molecule has 2 fully saturated rings. The van der Waals surface area contributed by atoms with Gasteiger partial charge in [-0.25, -0.2) is 4.39 Å². The molecule has 5 rings (SSSR count). The molecule has 3 aromatic rings. The Bertz CT molecular complexity index is 1150. The Morgan fingerprint density at radius 3 is 2.67 bits per heavy atom. The number of phenolic OH excluding ortho intramolecular Hbond substituents is 1. The second-order valence-electron chi connectivity index (χ2n) is 9.50. The molecule has 1 aromatic carbocycles. The van der Waals surface area contributed by atoms with Crippen LogP contribution in [-0.2, 0) is 0 Å². The smallest absolute Gasteiger partial charge is 0.172 e. The van der Waals surface area contributed by atoms with E-state index in [1.165, 1.54) is 4.80 Å². The van der Waals surface area contributed by atoms with Gasteiger partial charge in [0.25, 0.3) is 0 Å². The van der Waals surface area contributed by atoms with Gasteiger partial charge in [0, 0.05) is 30.3 Å². The average Bonchev–Trinajstić information content (AvgIpc) is 3.24. The zero-order valence-electron chi connectivity index (χ0n) is 19.4. The normalized spacial score (nSPS) is 27.5. The summed E-state index contributed by atoms with van der Waals surface area (Å²) in [6.07, 6.45) is 2.85. The number of tetrazole rings is 1. The highest BCUT2D eigenvalue weighted by molar-refractivity contribution is 5.68. The maximum atomic E-state index is 15.5. The SMILES string of the molecule is Cc1nnn(-c2ccc(-c3ccc(N(C)[C@@H]4C[C@@]5(C)CCC[C@@H]([C@H]4F)N5C)nn3)c(O)c2)n1. The summed E-state index contributed by atoms with van der Waals surface area (Å²) < 4.78 is 15.5. The highest BCUT2D eigenvalue weighted by Crippen LogP contribution is 2.43. The molecule has 2 aromatic heterocycles. The van der Waals surface area contributed by atoms with Crippen LogP contribution < -0.4 is 4.90 Å². The monoisotopic (exact) mass is 452 g/mol. The molecule has 0 aliphatic carbocycles. The first-order valence-corrected chi connectivity index (χ1v) is 11.3. The maximum absolute atomic E-state index is 15.5. The van der Waals surface area contributed by atoms with Crippen molar-refractivity contribution < 1.29 is 9.50 Å². The third-order valence-corrected chi connectivity index (χ3v) is 7.46. The van der Waals surface area contributed by atoms with Crippen LogP contribution in [0.3, 0.4) is 0 Å². The molecule has 1 N–H and O–H groups in total. The summed E-state index contributed by atoms with van der Waals surface area (Å²) in [5.41, 5.74) is 1.67. The zero-order chi connectivity index (χ0) is 23.3. The van der Waals surface area contributed by atoms with Gasteiger partial charge in [0.05, 0.1) is 17.4 Å². The van der Waals surface area contributed by atoms with Crippen LogP contribution in [0.2, 0.25) is 0 Å². The first-order chi connectivity index (χ1) is 15.8. The molecule has 174 valence electrons. The molecule has 4 atom stereocenters. The number of rotatable bonds is 4. The van der Waals surface area contributed by atoms with Crippen molar-refractivity contribution in [3.63, 3.8) is 0 Å². The fraction of sp³-hybridized carbons (Fsp3) is 0.522. The number of nitrogens with zero attached hydrogens (tertiary/aromatic N) is 8. The maximum Gasteiger partial charge on any atom is 0.172 e. The molecule has 0 unspecified atom stereocenters. The summed E-state index contributed by atoms with van der Waals surface area (Å²) in [4.78, 5) is 5.52. The number of benzene rings is 1. The van der Waals surface area contributed by atoms with E-state index in [-0.39, 0.29) is 23.4 Å². The van der Waals surface area contributed by atoms with E-state index < -0.39 is 6.17 Å². The van der Waals surface area contributed by atoms with E-state index in [9.17, 15) is 5.11 Å². The number of halogens is 1. The van der Waals surface area contributed by atoms with Crippen molar-refractivity contribution in [2.45, 2.75) is 63.3 Å². The number of aromatic nitrogens is 6. The number of alkyl halides is 1. The second kappa shape index (κ2) is 8.02. The average molecular weight is 453 g/mol. The number of aryl methyl sites for hydroxylation is 1. The Morgan fingerprint density at radius 2 is 2.00 bits per heavy atom. The van der Waals surface area contributed by atoms with Gasteiger partial charge in [-0.15, -0.1) is 25.2 Å². The molecular weight excluding hydrogens is 423 g/mol. The van der Waals surface area contributed by atoms with Gasteiger partial charge in [-0.05, 0) is 76.1 Å². The Morgan fingerprint density at radius 1 is 1.18 bits per heavy atom. The molecule has 2 aliphatic heterocycles. The predicted molar refractivity (Wildman–Crippen MR) is 122 cm³/mol. The van der Waals surface area contributed by atoms with E-state index in [2.05, 4.69) is 44.5 Å². The summed E-state index contributed by atoms with van der Waals surface area (Å²) in [6, 6.07) is 8.41. The summed E-state index contributed by atoms with van der Waals surface area (Å²) in [5, 5.41) is 31.2. The molecule has 0 saturated carbocycles. The lowest BCUT2D eigenvalue weighted by Gasteiger charge is -2.56. The van der Waals surface area contributed by atoms with Crippen molar-refractivity contribution in [2.24, 2.45) is 0 Å². The number of fused-ring (bicyclic) bond motifs is 2. The summed E-state index contributed by atoms with van der Waals surface area (Å²) >= 11 is 0. The molecule has 33 heavy (non-hydrogen) atoms. The van der Waals surface area contributed by atoms with Gasteiger partial charge in [0.1, 0.15) is 11.9 Å². The fourth-order valence-corrected chi connectivity index (χ4v) is 5.33. The van der Waals surface area contributed by atoms with Crippen molar-refractivity contribution in [3.8, 4) is 22.7 Å². The minimum atomic E-state index is -0.944. The van der Waals surface area contributed by atoms with E-state index in [1.54, 1.807) is 31.2 Å². The third kappa shape index (κ3) is 3.72. The molecule has 9 nitrogen and oxygen atoms in total. The summed E-state index contributed by atoms with van der Waals surface area (Å²) in [7, 11) is 3.95. The first-order valence-electron chi connectivity index (χ1n) is 11.3. The van der Waals surface area contributed by atoms with E-state index in [0.29, 0.717) is 28.6 Å². The van der Waals surface area contributed by atoms with Crippen molar-refractivity contribution in [1.29, 1.82) is 0 Å². The van der Waals surface area contributed by atoms with Crippen LogP contribution in [-0.4, -0.2) is 78.3 Å². The van der Waals surface area contributed by atoms with Gasteiger partial charge >= 0.3 is 0 Å². The summed E-state index contributed by atoms with van der Waals surface area (Å²) in [5.74, 6) is 1.20. The Hall–Kier alpha value is -3.14. The van der Waals surface area contributed by atoms with Crippen molar-refractivity contribution in [3.05, 3.63) is 36.2 Å². The fourth-order valence-electron chi connectivity index (χ4n) is 5.33. The summed E-state index contributed by atoms with van der Waals surface area (Å²) in [6.45, 7) is 3.98. The van der Waals surface area contributed by atoms with Gasteiger partial charge in [0.2, 0.25) is 0 Å². The molecule has 0 spiro atoms. The molecule has 4 heterocycles. The third-order valence-electron chi connectivity index (χ3n) is 7.46. The standard InChI is InChI=1S/C23H29FN8O/c1-14-25-29-32(28-14)15-7-8-16(20(33)12-15)17-9-10-21(27-26-17)30(3)19-13-23(2)11-5-6-18(22(19)24)31(23)4/h7-10,12,18-19,22,33H,5-6,11,13H2,1-4H3/t18-,19+,22+,23+/m0/s1. The Kier molecular flexibility index (Phi) is 5.27. The first kappa shape index (κ1) is 21.7. The lowest BCUT2D eigenvalue weighted by molar-refractivity contribution is -0.0600. The lowest BCUT2D eigenvalue weighted by Crippen LogP contribution is -2.67. The van der Waals surface area contributed by atoms with Crippen LogP contribution in [0, 0.1) is 6.92 Å². The van der Waals surface area contributed by atoms with E-state index in [1.807, 2.05) is 18.0 Å². The van der Waals surface area contributed by atoms with Gasteiger partial charge in [-0.2, -0.15) is 0 Å². The lowest BCUT2D eigenvalue weighted by atomic mass is 9.72. The minimum absolute atomic E-state index is 0.00281. The number of anilines is 1. The number of phenols is 1. The van der Waals surface area contributed by atoms with Crippen LogP contribution in [0.1, 0.15) is 38.4 Å². The predicted octanol–water partition coefficient (Wildman–Crippen LogP) is 2.92. The van der Waals surface area contributed by atoms with Crippen molar-refractivity contribution >= 4 is 5.82 Å². The number of piperidine rings is 2. The Balaban J connectivity index is 1.36. The topological polar surface area (TPSA) is 96.1 Å². The van der Waals surface area contributed by atoms with Crippen LogP contribution in [0.4, 0.5) is 10.2 Å².